The first-order chi connectivity index (χ1) is 4.97. The summed E-state index contributed by atoms with van der Waals surface area (Å²) < 4.78 is 0. The number of hydrogen-bond donors (Lipinski definition) is 0. The van der Waals surface area contributed by atoms with Crippen molar-refractivity contribution in [3.05, 3.63) is 36.7 Å². The van der Waals surface area contributed by atoms with Crippen LogP contribution < -0.4 is 0 Å². The first-order valence-electron chi connectivity index (χ1n) is 3.12. The van der Waals surface area contributed by atoms with Crippen LogP contribution in [0.4, 0.5) is 0 Å². The van der Waals surface area contributed by atoms with Gasteiger partial charge in [-0.3, -0.25) is 0 Å². The Bertz CT molecular complexity index is 283. The van der Waals surface area contributed by atoms with Crippen LogP contribution in [0.15, 0.2) is 36.7 Å². The van der Waals surface area contributed by atoms with E-state index < -0.39 is 0 Å². The highest BCUT2D eigenvalue weighted by molar-refractivity contribution is 5.85. The van der Waals surface area contributed by atoms with E-state index in [0.29, 0.717) is 0 Å². The van der Waals surface area contributed by atoms with Crippen molar-refractivity contribution in [3.8, 4) is 11.4 Å². The fourth-order valence-electron chi connectivity index (χ4n) is 0.900. The van der Waals surface area contributed by atoms with Gasteiger partial charge < -0.3 is 0 Å². The fraction of sp³-hybridized carbons (Fsp3) is 0. The zero-order valence-electron chi connectivity index (χ0n) is 5.77. The Labute approximate surface area is 71.1 Å². The molecule has 56 valence electrons. The Balaban J connectivity index is 0.000000605. The molecule has 0 bridgehead atoms. The Morgan fingerprint density at radius 3 is 1.91 bits per heavy atom. The van der Waals surface area contributed by atoms with Gasteiger partial charge in [0, 0.05) is 0 Å². The standard InChI is InChI=1S/C8H6N2.ClH/c1-2-4-7-8(5-3-1)10-6-9-7;/h1-6H;1H. The molecule has 1 aliphatic heterocycles. The molecule has 0 N–H and O–H groups in total. The molecule has 0 saturated carbocycles. The molecule has 0 aromatic carbocycles. The van der Waals surface area contributed by atoms with Gasteiger partial charge in [0.15, 0.2) is 0 Å². The highest BCUT2D eigenvalue weighted by Gasteiger charge is 1.98. The number of hydrogen-bond acceptors (Lipinski definition) is 2. The molecule has 2 aliphatic rings. The van der Waals surface area contributed by atoms with Crippen LogP contribution in [0.3, 0.4) is 0 Å². The average Bonchev–Trinajstić information content (AvgIpc) is 2.28. The van der Waals surface area contributed by atoms with Crippen molar-refractivity contribution in [3.63, 3.8) is 0 Å². The van der Waals surface area contributed by atoms with Crippen molar-refractivity contribution < 1.29 is 0 Å². The minimum Gasteiger partial charge on any atom is -0.235 e. The topological polar surface area (TPSA) is 25.8 Å². The molecule has 0 radical (unpaired) electrons. The largest absolute Gasteiger partial charge is 0.235 e. The van der Waals surface area contributed by atoms with Gasteiger partial charge in [-0.25, -0.2) is 9.97 Å². The molecule has 0 aromatic heterocycles. The molecular weight excluding hydrogens is 160 g/mol. The second-order valence-corrected chi connectivity index (χ2v) is 2.05. The summed E-state index contributed by atoms with van der Waals surface area (Å²) in [6, 6.07) is 9.77. The minimum absolute atomic E-state index is 0. The van der Waals surface area contributed by atoms with E-state index in [-0.39, 0.29) is 12.4 Å². The van der Waals surface area contributed by atoms with Crippen LogP contribution in [-0.2, 0) is 0 Å². The van der Waals surface area contributed by atoms with Gasteiger partial charge in [-0.15, -0.1) is 12.4 Å². The normalized spacial score (nSPS) is 9.09. The molecule has 0 amide bonds. The lowest BCUT2D eigenvalue weighted by molar-refractivity contribution is 1.33. The number of nitrogens with zero attached hydrogens (tertiary/aromatic N) is 2. The van der Waals surface area contributed by atoms with E-state index in [4.69, 9.17) is 0 Å². The van der Waals surface area contributed by atoms with Gasteiger partial charge in [0.25, 0.3) is 0 Å². The van der Waals surface area contributed by atoms with Gasteiger partial charge in [0.2, 0.25) is 0 Å². The summed E-state index contributed by atoms with van der Waals surface area (Å²) >= 11 is 0. The lowest BCUT2D eigenvalue weighted by Gasteiger charge is -1.81. The summed E-state index contributed by atoms with van der Waals surface area (Å²) in [5, 5.41) is 0. The van der Waals surface area contributed by atoms with Crippen molar-refractivity contribution in [2.45, 2.75) is 0 Å². The molecule has 11 heavy (non-hydrogen) atoms. The third kappa shape index (κ3) is 1.46. The molecule has 0 unspecified atom stereocenters. The van der Waals surface area contributed by atoms with E-state index >= 15 is 0 Å². The van der Waals surface area contributed by atoms with Crippen LogP contribution >= 0.6 is 12.4 Å². The van der Waals surface area contributed by atoms with E-state index in [1.54, 1.807) is 6.33 Å². The number of imidazole rings is 1. The van der Waals surface area contributed by atoms with Gasteiger partial charge in [-0.05, 0) is 12.1 Å². The zero-order valence-corrected chi connectivity index (χ0v) is 6.58. The Morgan fingerprint density at radius 1 is 0.818 bits per heavy atom. The number of rotatable bonds is 0. The van der Waals surface area contributed by atoms with E-state index in [9.17, 15) is 0 Å². The van der Waals surface area contributed by atoms with Crippen molar-refractivity contribution in [1.82, 2.24) is 9.97 Å². The maximum Gasteiger partial charge on any atom is 0.116 e. The van der Waals surface area contributed by atoms with Gasteiger partial charge in [-0.2, -0.15) is 0 Å². The molecule has 1 aliphatic carbocycles. The highest BCUT2D eigenvalue weighted by atomic mass is 35.5. The van der Waals surface area contributed by atoms with Crippen molar-refractivity contribution in [2.24, 2.45) is 0 Å². The average molecular weight is 167 g/mol. The summed E-state index contributed by atoms with van der Waals surface area (Å²) in [6.07, 6.45) is 1.57. The second kappa shape index (κ2) is 3.30. The third-order valence-electron chi connectivity index (χ3n) is 1.39. The van der Waals surface area contributed by atoms with E-state index in [1.807, 2.05) is 30.3 Å². The van der Waals surface area contributed by atoms with E-state index in [2.05, 4.69) is 9.97 Å². The molecule has 0 fully saturated rings. The van der Waals surface area contributed by atoms with Crippen LogP contribution in [0.1, 0.15) is 0 Å². The predicted octanol–water partition coefficient (Wildman–Crippen LogP) is 2.00. The molecule has 0 atom stereocenters. The van der Waals surface area contributed by atoms with Crippen molar-refractivity contribution in [2.75, 3.05) is 0 Å². The molecule has 3 heteroatoms. The number of aromatic nitrogens is 2. The van der Waals surface area contributed by atoms with Gasteiger partial charge in [0.1, 0.15) is 6.33 Å². The zero-order chi connectivity index (χ0) is 6.81. The lowest BCUT2D eigenvalue weighted by Crippen LogP contribution is -1.67. The number of fused-ring (bicyclic) bond motifs is 1. The van der Waals surface area contributed by atoms with Gasteiger partial charge in [-0.1, -0.05) is 18.2 Å². The van der Waals surface area contributed by atoms with Crippen LogP contribution in [0.2, 0.25) is 0 Å². The van der Waals surface area contributed by atoms with Crippen molar-refractivity contribution >= 4 is 12.4 Å². The van der Waals surface area contributed by atoms with E-state index in [0.717, 1.165) is 11.4 Å². The Hall–Kier alpha value is -1.15. The maximum atomic E-state index is 4.05. The highest BCUT2D eigenvalue weighted by Crippen LogP contribution is 2.12. The van der Waals surface area contributed by atoms with Gasteiger partial charge in [0.05, 0.1) is 11.4 Å². The number of halogens is 1. The summed E-state index contributed by atoms with van der Waals surface area (Å²) in [5.74, 6) is 0. The monoisotopic (exact) mass is 166 g/mol. The Kier molecular flexibility index (Phi) is 2.39. The van der Waals surface area contributed by atoms with Gasteiger partial charge >= 0.3 is 0 Å². The predicted molar refractivity (Wildman–Crippen MR) is 45.9 cm³/mol. The summed E-state index contributed by atoms with van der Waals surface area (Å²) in [4.78, 5) is 8.10. The minimum atomic E-state index is 0. The maximum absolute atomic E-state index is 4.05. The SMILES string of the molecule is Cl.c1ccc2ncnc-2cc1. The molecular formula is C8H7ClN2. The fourth-order valence-corrected chi connectivity index (χ4v) is 0.900. The summed E-state index contributed by atoms with van der Waals surface area (Å²) in [7, 11) is 0. The third-order valence-corrected chi connectivity index (χ3v) is 1.39. The molecule has 0 spiro atoms. The van der Waals surface area contributed by atoms with E-state index in [1.165, 1.54) is 0 Å². The molecule has 0 aromatic rings. The van der Waals surface area contributed by atoms with Crippen LogP contribution in [-0.4, -0.2) is 9.97 Å². The first kappa shape index (κ1) is 7.95. The van der Waals surface area contributed by atoms with Crippen LogP contribution in [0, 0.1) is 0 Å². The quantitative estimate of drug-likeness (QED) is 0.598. The second-order valence-electron chi connectivity index (χ2n) is 2.05. The molecule has 1 heterocycles. The van der Waals surface area contributed by atoms with Crippen LogP contribution in [0.25, 0.3) is 11.4 Å². The molecule has 0 saturated heterocycles. The smallest absolute Gasteiger partial charge is 0.116 e. The summed E-state index contributed by atoms with van der Waals surface area (Å²) in [5.41, 5.74) is 1.90. The lowest BCUT2D eigenvalue weighted by atomic mass is 10.3. The Morgan fingerprint density at radius 2 is 1.36 bits per heavy atom. The van der Waals surface area contributed by atoms with Crippen molar-refractivity contribution in [1.29, 1.82) is 0 Å². The summed E-state index contributed by atoms with van der Waals surface area (Å²) in [6.45, 7) is 0. The molecule has 2 nitrogen and oxygen atoms in total. The molecule has 2 rings (SSSR count). The van der Waals surface area contributed by atoms with Crippen LogP contribution in [0.5, 0.6) is 0 Å². The first-order valence-corrected chi connectivity index (χ1v) is 3.12.